The van der Waals surface area contributed by atoms with Crippen LogP contribution >= 0.6 is 0 Å². The van der Waals surface area contributed by atoms with Crippen LogP contribution in [0.2, 0.25) is 0 Å². The molecule has 1 heterocycles. The summed E-state index contributed by atoms with van der Waals surface area (Å²) in [5, 5.41) is 17.6. The fraction of sp³-hybridized carbons (Fsp3) is 0.333. The van der Waals surface area contributed by atoms with Gasteiger partial charge in [0.25, 0.3) is 0 Å². The van der Waals surface area contributed by atoms with Crippen LogP contribution in [0.25, 0.3) is 0 Å². The van der Waals surface area contributed by atoms with Gasteiger partial charge in [0.1, 0.15) is 17.6 Å². The molecule has 0 aliphatic heterocycles. The summed E-state index contributed by atoms with van der Waals surface area (Å²) in [6.07, 6.45) is 0.493. The molecule has 2 aromatic rings. The number of nitrogens with zero attached hydrogens (tertiary/aromatic N) is 3. The van der Waals surface area contributed by atoms with Gasteiger partial charge < -0.3 is 5.11 Å². The van der Waals surface area contributed by atoms with E-state index in [0.717, 1.165) is 5.56 Å². The largest absolute Gasteiger partial charge is 0.382 e. The zero-order valence-corrected chi connectivity index (χ0v) is 9.98. The molecule has 0 aliphatic carbocycles. The summed E-state index contributed by atoms with van der Waals surface area (Å²) in [5.41, 5.74) is 2.14. The molecule has 2 rings (SSSR count). The molecule has 17 heavy (non-hydrogen) atoms. The van der Waals surface area contributed by atoms with E-state index in [9.17, 15) is 9.50 Å². The highest BCUT2D eigenvalue weighted by atomic mass is 19.1. The van der Waals surface area contributed by atoms with Crippen LogP contribution in [-0.4, -0.2) is 20.1 Å². The lowest BCUT2D eigenvalue weighted by Gasteiger charge is -2.13. The van der Waals surface area contributed by atoms with Gasteiger partial charge in [0, 0.05) is 12.6 Å². The second-order valence-corrected chi connectivity index (χ2v) is 4.20. The van der Waals surface area contributed by atoms with Gasteiger partial charge in [-0.2, -0.15) is 0 Å². The van der Waals surface area contributed by atoms with Crippen molar-refractivity contribution in [2.24, 2.45) is 7.05 Å². The molecule has 90 valence electrons. The predicted octanol–water partition coefficient (Wildman–Crippen LogP) is 1.65. The Morgan fingerprint density at radius 2 is 2.06 bits per heavy atom. The van der Waals surface area contributed by atoms with E-state index >= 15 is 0 Å². The van der Waals surface area contributed by atoms with Gasteiger partial charge >= 0.3 is 0 Å². The van der Waals surface area contributed by atoms with Crippen molar-refractivity contribution >= 4 is 0 Å². The Kier molecular flexibility index (Phi) is 2.93. The van der Waals surface area contributed by atoms with Gasteiger partial charge in [-0.3, -0.25) is 4.68 Å². The van der Waals surface area contributed by atoms with Gasteiger partial charge in [-0.05, 0) is 31.0 Å². The van der Waals surface area contributed by atoms with Gasteiger partial charge in [0.2, 0.25) is 0 Å². The first-order valence-electron chi connectivity index (χ1n) is 5.30. The van der Waals surface area contributed by atoms with Gasteiger partial charge in [-0.25, -0.2) is 4.39 Å². The molecule has 0 spiro atoms. The maximum atomic E-state index is 13.8. The summed E-state index contributed by atoms with van der Waals surface area (Å²) < 4.78 is 15.3. The quantitative estimate of drug-likeness (QED) is 0.861. The van der Waals surface area contributed by atoms with E-state index in [1.54, 1.807) is 20.2 Å². The molecule has 5 heteroatoms. The minimum Gasteiger partial charge on any atom is -0.382 e. The summed E-state index contributed by atoms with van der Waals surface area (Å²) >= 11 is 0. The van der Waals surface area contributed by atoms with E-state index in [0.29, 0.717) is 11.3 Å². The Labute approximate surface area is 98.7 Å². The third kappa shape index (κ3) is 2.19. The van der Waals surface area contributed by atoms with Crippen molar-refractivity contribution in [1.82, 2.24) is 15.0 Å². The number of hydrogen-bond acceptors (Lipinski definition) is 3. The molecule has 0 aliphatic rings. The normalized spacial score (nSPS) is 12.8. The lowest BCUT2D eigenvalue weighted by molar-refractivity contribution is 0.209. The summed E-state index contributed by atoms with van der Waals surface area (Å²) in [5.74, 6) is -0.416. The number of rotatable bonds is 2. The summed E-state index contributed by atoms with van der Waals surface area (Å²) in [4.78, 5) is 0. The van der Waals surface area contributed by atoms with E-state index in [4.69, 9.17) is 0 Å². The van der Waals surface area contributed by atoms with Gasteiger partial charge in [-0.15, -0.1) is 5.10 Å². The van der Waals surface area contributed by atoms with Crippen LogP contribution in [0.15, 0.2) is 18.3 Å². The highest BCUT2D eigenvalue weighted by Crippen LogP contribution is 2.26. The molecule has 4 nitrogen and oxygen atoms in total. The van der Waals surface area contributed by atoms with Crippen LogP contribution in [0.5, 0.6) is 0 Å². The SMILES string of the molecule is Cc1cc(C)c(C(O)c2cn(C)nn2)c(F)c1. The Morgan fingerprint density at radius 3 is 2.59 bits per heavy atom. The van der Waals surface area contributed by atoms with E-state index < -0.39 is 11.9 Å². The second kappa shape index (κ2) is 4.25. The van der Waals surface area contributed by atoms with Crippen LogP contribution in [0.3, 0.4) is 0 Å². The molecule has 1 N–H and O–H groups in total. The standard InChI is InChI=1S/C12H14FN3O/c1-7-4-8(2)11(9(13)5-7)12(17)10-6-16(3)15-14-10/h4-6,12,17H,1-3H3. The monoisotopic (exact) mass is 235 g/mol. The molecule has 1 aromatic carbocycles. The molecule has 0 saturated heterocycles. The average Bonchev–Trinajstić information content (AvgIpc) is 2.63. The number of benzene rings is 1. The zero-order valence-electron chi connectivity index (χ0n) is 9.98. The molecule has 1 unspecified atom stereocenters. The van der Waals surface area contributed by atoms with Gasteiger partial charge in [0.15, 0.2) is 0 Å². The lowest BCUT2D eigenvalue weighted by atomic mass is 9.99. The fourth-order valence-corrected chi connectivity index (χ4v) is 1.91. The smallest absolute Gasteiger partial charge is 0.129 e. The van der Waals surface area contributed by atoms with Gasteiger partial charge in [0.05, 0.1) is 6.20 Å². The maximum Gasteiger partial charge on any atom is 0.129 e. The number of aliphatic hydroxyl groups is 1. The third-order valence-corrected chi connectivity index (χ3v) is 2.65. The number of hydrogen-bond donors (Lipinski definition) is 1. The molecule has 1 atom stereocenters. The average molecular weight is 235 g/mol. The number of aryl methyl sites for hydroxylation is 3. The summed E-state index contributed by atoms with van der Waals surface area (Å²) in [7, 11) is 1.70. The van der Waals surface area contributed by atoms with E-state index in [2.05, 4.69) is 10.3 Å². The first-order chi connectivity index (χ1) is 7.99. The molecular weight excluding hydrogens is 221 g/mol. The Hall–Kier alpha value is -1.75. The summed E-state index contributed by atoms with van der Waals surface area (Å²) in [6.45, 7) is 3.58. The van der Waals surface area contributed by atoms with Crippen molar-refractivity contribution in [3.05, 3.63) is 46.5 Å². The Balaban J connectivity index is 2.47. The molecule has 0 radical (unpaired) electrons. The van der Waals surface area contributed by atoms with E-state index in [-0.39, 0.29) is 5.56 Å². The zero-order chi connectivity index (χ0) is 12.6. The third-order valence-electron chi connectivity index (χ3n) is 2.65. The van der Waals surface area contributed by atoms with Crippen LogP contribution in [0.4, 0.5) is 4.39 Å². The molecule has 1 aromatic heterocycles. The number of aromatic nitrogens is 3. The number of halogens is 1. The Morgan fingerprint density at radius 1 is 1.35 bits per heavy atom. The van der Waals surface area contributed by atoms with Gasteiger partial charge in [-0.1, -0.05) is 11.3 Å². The maximum absolute atomic E-state index is 13.8. The van der Waals surface area contributed by atoms with E-state index in [1.165, 1.54) is 10.7 Å². The van der Waals surface area contributed by atoms with Crippen molar-refractivity contribution in [3.63, 3.8) is 0 Å². The summed E-state index contributed by atoms with van der Waals surface area (Å²) in [6, 6.07) is 3.24. The lowest BCUT2D eigenvalue weighted by Crippen LogP contribution is -2.06. The van der Waals surface area contributed by atoms with Crippen molar-refractivity contribution < 1.29 is 9.50 Å². The number of aliphatic hydroxyl groups excluding tert-OH is 1. The fourth-order valence-electron chi connectivity index (χ4n) is 1.91. The topological polar surface area (TPSA) is 50.9 Å². The minimum absolute atomic E-state index is 0.260. The molecule has 0 saturated carbocycles. The highest BCUT2D eigenvalue weighted by molar-refractivity contribution is 5.36. The highest BCUT2D eigenvalue weighted by Gasteiger charge is 2.20. The van der Waals surface area contributed by atoms with Crippen molar-refractivity contribution in [1.29, 1.82) is 0 Å². The van der Waals surface area contributed by atoms with E-state index in [1.807, 2.05) is 13.0 Å². The van der Waals surface area contributed by atoms with Crippen LogP contribution in [0.1, 0.15) is 28.5 Å². The second-order valence-electron chi connectivity index (χ2n) is 4.20. The first kappa shape index (κ1) is 11.7. The Bertz CT molecular complexity index is 527. The minimum atomic E-state index is -1.08. The predicted molar refractivity (Wildman–Crippen MR) is 60.9 cm³/mol. The van der Waals surface area contributed by atoms with Crippen LogP contribution in [0, 0.1) is 19.7 Å². The molecular formula is C12H14FN3O. The van der Waals surface area contributed by atoms with Crippen LogP contribution < -0.4 is 0 Å². The molecule has 0 fully saturated rings. The van der Waals surface area contributed by atoms with Crippen LogP contribution in [-0.2, 0) is 7.05 Å². The first-order valence-corrected chi connectivity index (χ1v) is 5.30. The van der Waals surface area contributed by atoms with Crippen molar-refractivity contribution in [2.45, 2.75) is 20.0 Å². The van der Waals surface area contributed by atoms with Crippen molar-refractivity contribution in [3.8, 4) is 0 Å². The van der Waals surface area contributed by atoms with Crippen molar-refractivity contribution in [2.75, 3.05) is 0 Å². The molecule has 0 bridgehead atoms. The molecule has 0 amide bonds.